The van der Waals surface area contributed by atoms with E-state index in [0.717, 1.165) is 19.5 Å². The van der Waals surface area contributed by atoms with Crippen molar-refractivity contribution in [2.75, 3.05) is 13.1 Å². The van der Waals surface area contributed by atoms with Crippen molar-refractivity contribution in [3.8, 4) is 0 Å². The van der Waals surface area contributed by atoms with Gasteiger partial charge in [-0.3, -0.25) is 4.79 Å². The molecule has 0 spiro atoms. The highest BCUT2D eigenvalue weighted by atomic mass is 16.1. The van der Waals surface area contributed by atoms with Crippen LogP contribution in [0.25, 0.3) is 0 Å². The molecular formula is C7H11N2O. The highest BCUT2D eigenvalue weighted by Gasteiger charge is 2.43. The van der Waals surface area contributed by atoms with E-state index in [4.69, 9.17) is 0 Å². The summed E-state index contributed by atoms with van der Waals surface area (Å²) in [5, 5.41) is 6.69. The maximum Gasteiger partial charge on any atom is 0.200 e. The maximum atomic E-state index is 10.2. The summed E-state index contributed by atoms with van der Waals surface area (Å²) in [5.74, 6) is 0. The molecule has 2 aliphatic heterocycles. The molecule has 2 unspecified atom stereocenters. The Hall–Kier alpha value is -0.410. The van der Waals surface area contributed by atoms with E-state index in [1.54, 1.807) is 0 Å². The fourth-order valence-electron chi connectivity index (χ4n) is 1.91. The van der Waals surface area contributed by atoms with Gasteiger partial charge in [-0.2, -0.15) is 0 Å². The number of hydrogen-bond donors (Lipinski definition) is 2. The van der Waals surface area contributed by atoms with Crippen molar-refractivity contribution in [2.24, 2.45) is 0 Å². The van der Waals surface area contributed by atoms with E-state index in [2.05, 4.69) is 10.6 Å². The summed E-state index contributed by atoms with van der Waals surface area (Å²) in [6.07, 6.45) is 3.61. The SMILES string of the molecule is O=[C]CC12CNC(CN1)C2. The van der Waals surface area contributed by atoms with Gasteiger partial charge in [0.05, 0.1) is 0 Å². The molecule has 2 aliphatic rings. The monoisotopic (exact) mass is 139 g/mol. The smallest absolute Gasteiger partial charge is 0.200 e. The number of piperazine rings is 1. The summed E-state index contributed by atoms with van der Waals surface area (Å²) in [5.41, 5.74) is 0.0758. The Kier molecular flexibility index (Phi) is 1.28. The zero-order valence-electron chi connectivity index (χ0n) is 5.81. The quantitative estimate of drug-likeness (QED) is 0.525. The fraction of sp³-hybridized carbons (Fsp3) is 0.857. The third-order valence-corrected chi connectivity index (χ3v) is 2.50. The van der Waals surface area contributed by atoms with E-state index in [1.807, 2.05) is 6.29 Å². The van der Waals surface area contributed by atoms with Crippen LogP contribution in [0.1, 0.15) is 12.8 Å². The van der Waals surface area contributed by atoms with Crippen LogP contribution in [0.15, 0.2) is 0 Å². The van der Waals surface area contributed by atoms with E-state index in [1.165, 1.54) is 0 Å². The second-order valence-electron chi connectivity index (χ2n) is 3.26. The molecule has 1 radical (unpaired) electrons. The lowest BCUT2D eigenvalue weighted by Crippen LogP contribution is -2.49. The van der Waals surface area contributed by atoms with Crippen LogP contribution < -0.4 is 10.6 Å². The molecule has 2 fully saturated rings. The van der Waals surface area contributed by atoms with Gasteiger partial charge in [0.1, 0.15) is 0 Å². The summed E-state index contributed by atoms with van der Waals surface area (Å²) in [6.45, 7) is 1.95. The van der Waals surface area contributed by atoms with Crippen molar-refractivity contribution in [1.82, 2.24) is 10.6 Å². The first-order valence-corrected chi connectivity index (χ1v) is 3.68. The highest BCUT2D eigenvalue weighted by molar-refractivity contribution is 5.53. The van der Waals surface area contributed by atoms with Crippen LogP contribution in [0.3, 0.4) is 0 Å². The molecule has 2 heterocycles. The van der Waals surface area contributed by atoms with Crippen molar-refractivity contribution in [1.29, 1.82) is 0 Å². The maximum absolute atomic E-state index is 10.2. The number of fused-ring (bicyclic) bond motifs is 2. The van der Waals surface area contributed by atoms with Crippen LogP contribution >= 0.6 is 0 Å². The van der Waals surface area contributed by atoms with Gasteiger partial charge in [-0.1, -0.05) is 0 Å². The van der Waals surface area contributed by atoms with Gasteiger partial charge in [-0.15, -0.1) is 0 Å². The molecule has 2 N–H and O–H groups in total. The number of rotatable bonds is 2. The van der Waals surface area contributed by atoms with Gasteiger partial charge < -0.3 is 10.6 Å². The van der Waals surface area contributed by atoms with Crippen molar-refractivity contribution >= 4 is 6.29 Å². The van der Waals surface area contributed by atoms with Gasteiger partial charge in [0.25, 0.3) is 0 Å². The molecule has 0 aromatic rings. The highest BCUT2D eigenvalue weighted by Crippen LogP contribution is 2.27. The summed E-state index contributed by atoms with van der Waals surface area (Å²) < 4.78 is 0. The molecule has 2 bridgehead atoms. The number of hydrogen-bond acceptors (Lipinski definition) is 3. The Morgan fingerprint density at radius 2 is 2.60 bits per heavy atom. The normalized spacial score (nSPS) is 44.2. The van der Waals surface area contributed by atoms with E-state index in [-0.39, 0.29) is 5.54 Å². The second kappa shape index (κ2) is 2.04. The van der Waals surface area contributed by atoms with Gasteiger partial charge in [0.2, 0.25) is 0 Å². The lowest BCUT2D eigenvalue weighted by atomic mass is 9.97. The second-order valence-corrected chi connectivity index (χ2v) is 3.26. The van der Waals surface area contributed by atoms with Crippen LogP contribution in [0.2, 0.25) is 0 Å². The Balaban J connectivity index is 2.07. The first kappa shape index (κ1) is 6.31. The minimum atomic E-state index is 0.0758. The molecule has 0 aliphatic carbocycles. The molecule has 3 nitrogen and oxygen atoms in total. The molecule has 55 valence electrons. The molecule has 2 rings (SSSR count). The first-order valence-electron chi connectivity index (χ1n) is 3.68. The summed E-state index contributed by atoms with van der Waals surface area (Å²) in [4.78, 5) is 10.2. The molecular weight excluding hydrogens is 128 g/mol. The average Bonchev–Trinajstić information content (AvgIpc) is 2.46. The standard InChI is InChI=1S/C7H11N2O/c10-2-1-7-3-6(4-9-7)8-5-7/h6,8-9H,1,3-5H2. The van der Waals surface area contributed by atoms with E-state index < -0.39 is 0 Å². The first-order chi connectivity index (χ1) is 4.85. The van der Waals surface area contributed by atoms with Crippen LogP contribution in [0, 0.1) is 0 Å². The van der Waals surface area contributed by atoms with Gasteiger partial charge in [-0.25, -0.2) is 0 Å². The Labute approximate surface area is 60.2 Å². The topological polar surface area (TPSA) is 41.1 Å². The predicted molar refractivity (Wildman–Crippen MR) is 37.5 cm³/mol. The Morgan fingerprint density at radius 1 is 1.70 bits per heavy atom. The molecule has 3 heteroatoms. The third kappa shape index (κ3) is 0.777. The summed E-state index contributed by atoms with van der Waals surface area (Å²) >= 11 is 0. The molecule has 2 atom stereocenters. The van der Waals surface area contributed by atoms with Crippen molar-refractivity contribution in [3.05, 3.63) is 0 Å². The van der Waals surface area contributed by atoms with Crippen molar-refractivity contribution < 1.29 is 4.79 Å². The van der Waals surface area contributed by atoms with Crippen molar-refractivity contribution in [3.63, 3.8) is 0 Å². The van der Waals surface area contributed by atoms with Crippen LogP contribution in [-0.4, -0.2) is 31.0 Å². The molecule has 0 aromatic carbocycles. The van der Waals surface area contributed by atoms with Crippen LogP contribution in [0.4, 0.5) is 0 Å². The van der Waals surface area contributed by atoms with Gasteiger partial charge >= 0.3 is 0 Å². The molecule has 2 saturated heterocycles. The Bertz CT molecular complexity index is 150. The van der Waals surface area contributed by atoms with Crippen molar-refractivity contribution in [2.45, 2.75) is 24.4 Å². The third-order valence-electron chi connectivity index (χ3n) is 2.50. The van der Waals surface area contributed by atoms with E-state index in [9.17, 15) is 4.79 Å². The minimum absolute atomic E-state index is 0.0758. The lowest BCUT2D eigenvalue weighted by Gasteiger charge is -2.24. The van der Waals surface area contributed by atoms with E-state index >= 15 is 0 Å². The van der Waals surface area contributed by atoms with E-state index in [0.29, 0.717) is 12.5 Å². The van der Waals surface area contributed by atoms with Gasteiger partial charge in [-0.05, 0) is 6.42 Å². The molecule has 0 saturated carbocycles. The van der Waals surface area contributed by atoms with Gasteiger partial charge in [0, 0.05) is 31.1 Å². The summed E-state index contributed by atoms with van der Waals surface area (Å²) in [7, 11) is 0. The molecule has 0 amide bonds. The van der Waals surface area contributed by atoms with Gasteiger partial charge in [0.15, 0.2) is 6.29 Å². The predicted octanol–water partition coefficient (Wildman–Crippen LogP) is -0.810. The largest absolute Gasteiger partial charge is 0.311 e. The number of carbonyl (C=O) groups excluding carboxylic acids is 1. The zero-order chi connectivity index (χ0) is 7.03. The number of nitrogens with one attached hydrogen (secondary N) is 2. The van der Waals surface area contributed by atoms with Crippen LogP contribution in [0.5, 0.6) is 0 Å². The minimum Gasteiger partial charge on any atom is -0.311 e. The van der Waals surface area contributed by atoms with Crippen LogP contribution in [-0.2, 0) is 4.79 Å². The Morgan fingerprint density at radius 3 is 3.00 bits per heavy atom. The zero-order valence-corrected chi connectivity index (χ0v) is 5.81. The molecule has 10 heavy (non-hydrogen) atoms. The molecule has 0 aromatic heterocycles. The average molecular weight is 139 g/mol. The lowest BCUT2D eigenvalue weighted by molar-refractivity contribution is 0.383. The summed E-state index contributed by atoms with van der Waals surface area (Å²) in [6, 6.07) is 0.605. The fourth-order valence-corrected chi connectivity index (χ4v) is 1.91.